The number of aromatic nitrogens is 2. The van der Waals surface area contributed by atoms with Crippen LogP contribution in [-0.2, 0) is 28.4 Å². The van der Waals surface area contributed by atoms with Crippen molar-refractivity contribution in [1.29, 1.82) is 0 Å². The number of sulfonamides is 1. The zero-order chi connectivity index (χ0) is 14.8. The lowest BCUT2D eigenvalue weighted by molar-refractivity contribution is 0.0522. The van der Waals surface area contributed by atoms with E-state index in [2.05, 4.69) is 10.4 Å². The third-order valence-electron chi connectivity index (χ3n) is 1.97. The van der Waals surface area contributed by atoms with Crippen molar-refractivity contribution in [3.05, 3.63) is 11.9 Å². The molecule has 1 heterocycles. The van der Waals surface area contributed by atoms with E-state index in [1.165, 1.54) is 10.9 Å². The molecule has 0 saturated heterocycles. The highest BCUT2D eigenvalue weighted by Crippen LogP contribution is 2.12. The minimum atomic E-state index is -3.87. The number of nitrogens with one attached hydrogen (secondary N) is 1. The van der Waals surface area contributed by atoms with Crippen LogP contribution in [0.3, 0.4) is 0 Å². The molecule has 0 aliphatic carbocycles. The van der Waals surface area contributed by atoms with Crippen LogP contribution in [0.2, 0.25) is 0 Å². The van der Waals surface area contributed by atoms with Crippen LogP contribution >= 0.6 is 0 Å². The van der Waals surface area contributed by atoms with E-state index in [0.717, 1.165) is 0 Å². The minimum Gasteiger partial charge on any atom is -0.444 e. The van der Waals surface area contributed by atoms with Crippen LogP contribution in [0.1, 0.15) is 26.5 Å². The first-order chi connectivity index (χ1) is 8.49. The van der Waals surface area contributed by atoms with Gasteiger partial charge in [0.25, 0.3) is 0 Å². The highest BCUT2D eigenvalue weighted by Gasteiger charge is 2.20. The third kappa shape index (κ3) is 4.87. The average molecular weight is 290 g/mol. The number of ether oxygens (including phenoxy) is 1. The van der Waals surface area contributed by atoms with E-state index >= 15 is 0 Å². The van der Waals surface area contributed by atoms with Crippen molar-refractivity contribution < 1.29 is 17.9 Å². The van der Waals surface area contributed by atoms with Crippen LogP contribution in [0.15, 0.2) is 11.1 Å². The van der Waals surface area contributed by atoms with Crippen LogP contribution < -0.4 is 10.5 Å². The smallest absolute Gasteiger partial charge is 0.407 e. The van der Waals surface area contributed by atoms with Gasteiger partial charge in [-0.15, -0.1) is 0 Å². The van der Waals surface area contributed by atoms with Gasteiger partial charge in [-0.05, 0) is 20.8 Å². The molecule has 0 aliphatic rings. The Kier molecular flexibility index (Phi) is 4.21. The maximum absolute atomic E-state index is 11.5. The van der Waals surface area contributed by atoms with Crippen LogP contribution in [0, 0.1) is 0 Å². The molecular formula is C10H18N4O4S. The summed E-state index contributed by atoms with van der Waals surface area (Å²) in [5, 5.41) is 11.4. The van der Waals surface area contributed by atoms with Crippen molar-refractivity contribution in [2.75, 3.05) is 0 Å². The molecule has 0 aliphatic heterocycles. The molecular weight excluding hydrogens is 272 g/mol. The van der Waals surface area contributed by atoms with E-state index in [1.807, 2.05) is 0 Å². The molecule has 1 rings (SSSR count). The molecule has 1 amide bonds. The van der Waals surface area contributed by atoms with Crippen molar-refractivity contribution >= 4 is 16.1 Å². The van der Waals surface area contributed by atoms with Crippen LogP contribution in [0.25, 0.3) is 0 Å². The zero-order valence-corrected chi connectivity index (χ0v) is 12.1. The molecule has 0 radical (unpaired) electrons. The highest BCUT2D eigenvalue weighted by atomic mass is 32.2. The van der Waals surface area contributed by atoms with Gasteiger partial charge in [-0.25, -0.2) is 18.4 Å². The topological polar surface area (TPSA) is 116 Å². The van der Waals surface area contributed by atoms with E-state index in [4.69, 9.17) is 9.88 Å². The molecule has 0 fully saturated rings. The van der Waals surface area contributed by atoms with Crippen molar-refractivity contribution in [3.8, 4) is 0 Å². The van der Waals surface area contributed by atoms with Crippen LogP contribution in [-0.4, -0.2) is 29.9 Å². The fourth-order valence-corrected chi connectivity index (χ4v) is 2.08. The summed E-state index contributed by atoms with van der Waals surface area (Å²) in [6.07, 6.45) is 0.625. The summed E-state index contributed by atoms with van der Waals surface area (Å²) in [6.45, 7) is 5.09. The Labute approximate surface area is 112 Å². The number of rotatable bonds is 3. The second kappa shape index (κ2) is 5.17. The molecule has 19 heavy (non-hydrogen) atoms. The van der Waals surface area contributed by atoms with E-state index in [0.29, 0.717) is 0 Å². The summed E-state index contributed by atoms with van der Waals surface area (Å²) >= 11 is 0. The quantitative estimate of drug-likeness (QED) is 0.818. The van der Waals surface area contributed by atoms with Gasteiger partial charge < -0.3 is 10.1 Å². The Morgan fingerprint density at radius 3 is 2.58 bits per heavy atom. The SMILES string of the molecule is Cn1cc(S(N)(=O)=O)c(CNC(=O)OC(C)(C)C)n1. The number of hydrogen-bond donors (Lipinski definition) is 2. The molecule has 0 atom stereocenters. The highest BCUT2D eigenvalue weighted by molar-refractivity contribution is 7.89. The van der Waals surface area contributed by atoms with Gasteiger partial charge in [0.2, 0.25) is 10.0 Å². The second-order valence-electron chi connectivity index (χ2n) is 5.01. The lowest BCUT2D eigenvalue weighted by Gasteiger charge is -2.19. The van der Waals surface area contributed by atoms with E-state index < -0.39 is 21.7 Å². The number of hydrogen-bond acceptors (Lipinski definition) is 5. The predicted molar refractivity (Wildman–Crippen MR) is 67.7 cm³/mol. The Balaban J connectivity index is 2.77. The Hall–Kier alpha value is -1.61. The Morgan fingerprint density at radius 2 is 2.11 bits per heavy atom. The normalized spacial score (nSPS) is 12.3. The Bertz CT molecular complexity index is 571. The summed E-state index contributed by atoms with van der Waals surface area (Å²) in [6, 6.07) is 0. The number of carbonyl (C=O) groups is 1. The van der Waals surface area contributed by atoms with Crippen molar-refractivity contribution in [2.45, 2.75) is 37.8 Å². The Morgan fingerprint density at radius 1 is 1.53 bits per heavy atom. The van der Waals surface area contributed by atoms with Crippen LogP contribution in [0.4, 0.5) is 4.79 Å². The van der Waals surface area contributed by atoms with Gasteiger partial charge in [0.15, 0.2) is 0 Å². The molecule has 0 spiro atoms. The van der Waals surface area contributed by atoms with E-state index in [9.17, 15) is 13.2 Å². The van der Waals surface area contributed by atoms with Crippen molar-refractivity contribution in [2.24, 2.45) is 12.2 Å². The van der Waals surface area contributed by atoms with Gasteiger partial charge in [0, 0.05) is 13.2 Å². The summed E-state index contributed by atoms with van der Waals surface area (Å²) in [5.41, 5.74) is -0.465. The van der Waals surface area contributed by atoms with E-state index in [-0.39, 0.29) is 17.1 Å². The van der Waals surface area contributed by atoms with Gasteiger partial charge >= 0.3 is 6.09 Å². The predicted octanol–water partition coefficient (Wildman–Crippen LogP) is 0.0922. The minimum absolute atomic E-state index is 0.0818. The molecule has 1 aromatic heterocycles. The average Bonchev–Trinajstić information content (AvgIpc) is 2.53. The molecule has 0 saturated carbocycles. The molecule has 3 N–H and O–H groups in total. The van der Waals surface area contributed by atoms with Gasteiger partial charge in [0.1, 0.15) is 16.2 Å². The molecule has 1 aromatic rings. The third-order valence-corrected chi connectivity index (χ3v) is 2.93. The standard InChI is InChI=1S/C10H18N4O4S/c1-10(2,3)18-9(15)12-5-7-8(19(11,16)17)6-14(4)13-7/h6H,5H2,1-4H3,(H,12,15)(H2,11,16,17). The zero-order valence-electron chi connectivity index (χ0n) is 11.3. The lowest BCUT2D eigenvalue weighted by atomic mass is 10.2. The molecule has 8 nitrogen and oxygen atoms in total. The number of nitrogens with zero attached hydrogens (tertiary/aromatic N) is 2. The maximum atomic E-state index is 11.5. The lowest BCUT2D eigenvalue weighted by Crippen LogP contribution is -2.32. The molecule has 0 bridgehead atoms. The first-order valence-corrected chi connectivity index (χ1v) is 7.06. The van der Waals surface area contributed by atoms with Gasteiger partial charge in [-0.3, -0.25) is 4.68 Å². The molecule has 9 heteroatoms. The summed E-state index contributed by atoms with van der Waals surface area (Å²) < 4.78 is 29.0. The summed E-state index contributed by atoms with van der Waals surface area (Å²) in [4.78, 5) is 11.3. The first kappa shape index (κ1) is 15.4. The largest absolute Gasteiger partial charge is 0.444 e. The maximum Gasteiger partial charge on any atom is 0.407 e. The number of alkyl carbamates (subject to hydrolysis) is 1. The molecule has 108 valence electrons. The number of amides is 1. The first-order valence-electron chi connectivity index (χ1n) is 5.51. The number of carbonyl (C=O) groups excluding carboxylic acids is 1. The molecule has 0 unspecified atom stereocenters. The molecule has 0 aromatic carbocycles. The number of nitrogens with two attached hydrogens (primary N) is 1. The van der Waals surface area contributed by atoms with Crippen LogP contribution in [0.5, 0.6) is 0 Å². The summed E-state index contributed by atoms with van der Waals surface area (Å²) in [5.74, 6) is 0. The van der Waals surface area contributed by atoms with Gasteiger partial charge in [0.05, 0.1) is 6.54 Å². The van der Waals surface area contributed by atoms with Gasteiger partial charge in [-0.2, -0.15) is 5.10 Å². The number of aryl methyl sites for hydroxylation is 1. The van der Waals surface area contributed by atoms with Crippen molar-refractivity contribution in [1.82, 2.24) is 15.1 Å². The fourth-order valence-electron chi connectivity index (χ4n) is 1.34. The van der Waals surface area contributed by atoms with Gasteiger partial charge in [-0.1, -0.05) is 0 Å². The second-order valence-corrected chi connectivity index (χ2v) is 6.54. The number of primary sulfonamides is 1. The fraction of sp³-hybridized carbons (Fsp3) is 0.600. The van der Waals surface area contributed by atoms with E-state index in [1.54, 1.807) is 27.8 Å². The monoisotopic (exact) mass is 290 g/mol. The summed E-state index contributed by atoms with van der Waals surface area (Å²) in [7, 11) is -2.31. The van der Waals surface area contributed by atoms with Crippen molar-refractivity contribution in [3.63, 3.8) is 0 Å².